The standard InChI is InChI=1S/C19H20N2/c1-3-9-15(10-4-1)19-20-17-13-7-8-14-18(17)21(19)16-11-5-2-6-12-16/h1,3-4,7-10,13-14,16H,2,5-6,11-12H2. The van der Waals surface area contributed by atoms with Crippen molar-refractivity contribution >= 4 is 11.0 Å². The van der Waals surface area contributed by atoms with Gasteiger partial charge in [-0.15, -0.1) is 0 Å². The van der Waals surface area contributed by atoms with Gasteiger partial charge in [0.25, 0.3) is 0 Å². The Morgan fingerprint density at radius 2 is 1.52 bits per heavy atom. The van der Waals surface area contributed by atoms with Crippen LogP contribution in [0.15, 0.2) is 54.6 Å². The number of nitrogens with zero attached hydrogens (tertiary/aromatic N) is 2. The lowest BCUT2D eigenvalue weighted by Gasteiger charge is -2.25. The van der Waals surface area contributed by atoms with Gasteiger partial charge in [-0.2, -0.15) is 0 Å². The molecule has 106 valence electrons. The summed E-state index contributed by atoms with van der Waals surface area (Å²) < 4.78 is 2.49. The monoisotopic (exact) mass is 276 g/mol. The van der Waals surface area contributed by atoms with Gasteiger partial charge in [-0.25, -0.2) is 4.98 Å². The van der Waals surface area contributed by atoms with Crippen LogP contribution in [0, 0.1) is 0 Å². The maximum Gasteiger partial charge on any atom is 0.141 e. The van der Waals surface area contributed by atoms with Crippen LogP contribution in [-0.4, -0.2) is 9.55 Å². The van der Waals surface area contributed by atoms with Crippen molar-refractivity contribution in [1.29, 1.82) is 0 Å². The molecule has 0 N–H and O–H groups in total. The molecular weight excluding hydrogens is 256 g/mol. The fourth-order valence-electron chi connectivity index (χ4n) is 3.54. The van der Waals surface area contributed by atoms with Crippen LogP contribution < -0.4 is 0 Å². The first-order chi connectivity index (χ1) is 10.4. The van der Waals surface area contributed by atoms with Crippen LogP contribution in [0.2, 0.25) is 0 Å². The van der Waals surface area contributed by atoms with Gasteiger partial charge in [0, 0.05) is 11.6 Å². The molecule has 3 aromatic rings. The summed E-state index contributed by atoms with van der Waals surface area (Å²) in [5.74, 6) is 1.13. The third-order valence-electron chi connectivity index (χ3n) is 4.57. The Labute approximate surface area is 125 Å². The molecule has 0 saturated heterocycles. The Morgan fingerprint density at radius 1 is 0.810 bits per heavy atom. The van der Waals surface area contributed by atoms with Gasteiger partial charge in [-0.1, -0.05) is 61.7 Å². The number of hydrogen-bond acceptors (Lipinski definition) is 1. The van der Waals surface area contributed by atoms with Crippen LogP contribution in [0.5, 0.6) is 0 Å². The zero-order valence-corrected chi connectivity index (χ0v) is 12.2. The number of hydrogen-bond donors (Lipinski definition) is 0. The number of benzene rings is 2. The van der Waals surface area contributed by atoms with Gasteiger partial charge in [-0.05, 0) is 25.0 Å². The van der Waals surface area contributed by atoms with E-state index in [1.807, 2.05) is 0 Å². The quantitative estimate of drug-likeness (QED) is 0.628. The summed E-state index contributed by atoms with van der Waals surface area (Å²) in [6.07, 6.45) is 6.61. The Hall–Kier alpha value is -2.09. The van der Waals surface area contributed by atoms with Crippen LogP contribution in [0.3, 0.4) is 0 Å². The molecule has 1 aromatic heterocycles. The summed E-state index contributed by atoms with van der Waals surface area (Å²) in [5, 5.41) is 0. The van der Waals surface area contributed by atoms with Crippen LogP contribution in [-0.2, 0) is 0 Å². The van der Waals surface area contributed by atoms with Crippen molar-refractivity contribution in [3.8, 4) is 11.4 Å². The molecular formula is C19H20N2. The summed E-state index contributed by atoms with van der Waals surface area (Å²) in [5.41, 5.74) is 3.62. The smallest absolute Gasteiger partial charge is 0.141 e. The molecule has 1 aliphatic rings. The van der Waals surface area contributed by atoms with E-state index in [1.54, 1.807) is 0 Å². The highest BCUT2D eigenvalue weighted by Crippen LogP contribution is 2.35. The van der Waals surface area contributed by atoms with E-state index < -0.39 is 0 Å². The largest absolute Gasteiger partial charge is 0.321 e. The van der Waals surface area contributed by atoms with Crippen molar-refractivity contribution in [3.05, 3.63) is 54.6 Å². The van der Waals surface area contributed by atoms with E-state index >= 15 is 0 Å². The molecule has 0 aliphatic heterocycles. The minimum Gasteiger partial charge on any atom is -0.321 e. The zero-order valence-electron chi connectivity index (χ0n) is 12.2. The molecule has 21 heavy (non-hydrogen) atoms. The summed E-state index contributed by atoms with van der Waals surface area (Å²) >= 11 is 0. The highest BCUT2D eigenvalue weighted by atomic mass is 15.1. The van der Waals surface area contributed by atoms with E-state index in [0.29, 0.717) is 6.04 Å². The predicted octanol–water partition coefficient (Wildman–Crippen LogP) is 5.21. The van der Waals surface area contributed by atoms with Gasteiger partial charge in [0.2, 0.25) is 0 Å². The lowest BCUT2D eigenvalue weighted by Crippen LogP contribution is -2.13. The molecule has 1 fully saturated rings. The molecule has 4 rings (SSSR count). The van der Waals surface area contributed by atoms with Crippen LogP contribution in [0.25, 0.3) is 22.4 Å². The van der Waals surface area contributed by atoms with Gasteiger partial charge in [0.1, 0.15) is 5.82 Å². The minimum atomic E-state index is 0.598. The maximum absolute atomic E-state index is 4.92. The molecule has 0 atom stereocenters. The number of fused-ring (bicyclic) bond motifs is 1. The third-order valence-corrected chi connectivity index (χ3v) is 4.57. The number of aromatic nitrogens is 2. The topological polar surface area (TPSA) is 17.8 Å². The molecule has 0 bridgehead atoms. The highest BCUT2D eigenvalue weighted by Gasteiger charge is 2.21. The second-order valence-electron chi connectivity index (χ2n) is 5.95. The number of para-hydroxylation sites is 2. The molecule has 2 heteroatoms. The number of imidazole rings is 1. The highest BCUT2D eigenvalue weighted by molar-refractivity contribution is 5.80. The molecule has 0 radical (unpaired) electrons. The van der Waals surface area contributed by atoms with Crippen molar-refractivity contribution in [1.82, 2.24) is 9.55 Å². The van der Waals surface area contributed by atoms with E-state index in [0.717, 1.165) is 11.3 Å². The zero-order chi connectivity index (χ0) is 14.1. The van der Waals surface area contributed by atoms with Crippen LogP contribution in [0.4, 0.5) is 0 Å². The summed E-state index contributed by atoms with van der Waals surface area (Å²) in [6.45, 7) is 0. The van der Waals surface area contributed by atoms with Crippen molar-refractivity contribution in [2.24, 2.45) is 0 Å². The fraction of sp³-hybridized carbons (Fsp3) is 0.316. The van der Waals surface area contributed by atoms with Crippen LogP contribution >= 0.6 is 0 Å². The first-order valence-electron chi connectivity index (χ1n) is 7.96. The molecule has 0 amide bonds. The van der Waals surface area contributed by atoms with Gasteiger partial charge < -0.3 is 4.57 Å². The van der Waals surface area contributed by atoms with Crippen molar-refractivity contribution in [3.63, 3.8) is 0 Å². The van der Waals surface area contributed by atoms with Gasteiger partial charge >= 0.3 is 0 Å². The Morgan fingerprint density at radius 3 is 2.33 bits per heavy atom. The molecule has 2 aromatic carbocycles. The SMILES string of the molecule is c1ccc(-c2nc3ccccc3n2C2CCCCC2)cc1. The molecule has 1 saturated carbocycles. The molecule has 0 unspecified atom stereocenters. The molecule has 1 aliphatic carbocycles. The normalized spacial score (nSPS) is 16.4. The Kier molecular flexibility index (Phi) is 3.23. The van der Waals surface area contributed by atoms with E-state index in [2.05, 4.69) is 59.2 Å². The molecule has 2 nitrogen and oxygen atoms in total. The average Bonchev–Trinajstić information content (AvgIpc) is 2.96. The molecule has 0 spiro atoms. The Balaban J connectivity index is 1.92. The second kappa shape index (κ2) is 5.36. The summed E-state index contributed by atoms with van der Waals surface area (Å²) in [7, 11) is 0. The first-order valence-corrected chi connectivity index (χ1v) is 7.96. The van der Waals surface area contributed by atoms with Gasteiger partial charge in [0.15, 0.2) is 0 Å². The number of rotatable bonds is 2. The van der Waals surface area contributed by atoms with E-state index in [1.165, 1.54) is 43.2 Å². The first kappa shape index (κ1) is 12.6. The van der Waals surface area contributed by atoms with Gasteiger partial charge in [-0.3, -0.25) is 0 Å². The van der Waals surface area contributed by atoms with Gasteiger partial charge in [0.05, 0.1) is 11.0 Å². The van der Waals surface area contributed by atoms with Crippen molar-refractivity contribution < 1.29 is 0 Å². The van der Waals surface area contributed by atoms with E-state index in [-0.39, 0.29) is 0 Å². The van der Waals surface area contributed by atoms with E-state index in [4.69, 9.17) is 4.98 Å². The average molecular weight is 276 g/mol. The van der Waals surface area contributed by atoms with Crippen molar-refractivity contribution in [2.45, 2.75) is 38.1 Å². The third kappa shape index (κ3) is 2.25. The van der Waals surface area contributed by atoms with E-state index in [9.17, 15) is 0 Å². The summed E-state index contributed by atoms with van der Waals surface area (Å²) in [6, 6.07) is 19.7. The lowest BCUT2D eigenvalue weighted by atomic mass is 9.95. The summed E-state index contributed by atoms with van der Waals surface area (Å²) in [4.78, 5) is 4.92. The molecule has 1 heterocycles. The maximum atomic E-state index is 4.92. The Bertz CT molecular complexity index is 737. The minimum absolute atomic E-state index is 0.598. The van der Waals surface area contributed by atoms with Crippen LogP contribution in [0.1, 0.15) is 38.1 Å². The van der Waals surface area contributed by atoms with Crippen molar-refractivity contribution in [2.75, 3.05) is 0 Å². The second-order valence-corrected chi connectivity index (χ2v) is 5.95. The lowest BCUT2D eigenvalue weighted by molar-refractivity contribution is 0.362. The predicted molar refractivity (Wildman–Crippen MR) is 87.3 cm³/mol. The fourth-order valence-corrected chi connectivity index (χ4v) is 3.54.